The highest BCUT2D eigenvalue weighted by atomic mass is 32.1. The van der Waals surface area contributed by atoms with Crippen LogP contribution in [0.25, 0.3) is 0 Å². The van der Waals surface area contributed by atoms with Gasteiger partial charge in [-0.05, 0) is 43.3 Å². The van der Waals surface area contributed by atoms with E-state index < -0.39 is 6.10 Å². The summed E-state index contributed by atoms with van der Waals surface area (Å²) in [6.07, 6.45) is -0.462. The molecule has 2 rings (SSSR count). The molecule has 0 spiro atoms. The Morgan fingerprint density at radius 2 is 2.25 bits per heavy atom. The molecule has 0 aliphatic carbocycles. The second-order valence-electron chi connectivity index (χ2n) is 5.25. The lowest BCUT2D eigenvalue weighted by atomic mass is 10.2. The smallest absolute Gasteiger partial charge is 0.0862 e. The van der Waals surface area contributed by atoms with Crippen LogP contribution in [0.15, 0.2) is 16.8 Å². The first-order valence-electron chi connectivity index (χ1n) is 6.64. The van der Waals surface area contributed by atoms with Crippen molar-refractivity contribution in [1.82, 2.24) is 14.7 Å². The van der Waals surface area contributed by atoms with Gasteiger partial charge in [-0.3, -0.25) is 9.58 Å². The molecule has 2 aromatic rings. The van der Waals surface area contributed by atoms with E-state index in [-0.39, 0.29) is 0 Å². The van der Waals surface area contributed by atoms with Crippen molar-refractivity contribution in [3.05, 3.63) is 33.8 Å². The Balaban J connectivity index is 1.88. The summed E-state index contributed by atoms with van der Waals surface area (Å²) in [5.41, 5.74) is 9.62. The van der Waals surface area contributed by atoms with Crippen LogP contribution in [0.2, 0.25) is 0 Å². The first-order chi connectivity index (χ1) is 9.47. The Bertz CT molecular complexity index is 550. The molecule has 2 aromatic heterocycles. The molecule has 0 bridgehead atoms. The summed E-state index contributed by atoms with van der Waals surface area (Å²) < 4.78 is 1.79. The molecule has 0 aliphatic rings. The number of hydrogen-bond donors (Lipinski definition) is 2. The van der Waals surface area contributed by atoms with Gasteiger partial charge < -0.3 is 10.8 Å². The van der Waals surface area contributed by atoms with Crippen molar-refractivity contribution in [2.24, 2.45) is 0 Å². The van der Waals surface area contributed by atoms with Crippen LogP contribution in [0.5, 0.6) is 0 Å². The highest BCUT2D eigenvalue weighted by Crippen LogP contribution is 2.15. The number of thiophene rings is 1. The van der Waals surface area contributed by atoms with Gasteiger partial charge in [0.25, 0.3) is 0 Å². The van der Waals surface area contributed by atoms with E-state index in [1.165, 1.54) is 5.56 Å². The predicted octanol–water partition coefficient (Wildman–Crippen LogP) is 1.64. The largest absolute Gasteiger partial charge is 0.396 e. The second kappa shape index (κ2) is 6.39. The molecular formula is C14H22N4OS. The Morgan fingerprint density at radius 3 is 2.80 bits per heavy atom. The number of nitrogens with two attached hydrogens (primary N) is 1. The van der Waals surface area contributed by atoms with Gasteiger partial charge in [0.2, 0.25) is 0 Å². The average Bonchev–Trinajstić information content (AvgIpc) is 2.95. The SMILES string of the molecule is Cc1nn(CC(O)CN(C)Cc2ccsc2)c(C)c1N. The second-order valence-corrected chi connectivity index (χ2v) is 6.03. The third-order valence-corrected chi connectivity index (χ3v) is 4.11. The van der Waals surface area contributed by atoms with Gasteiger partial charge in [0.05, 0.1) is 29.7 Å². The van der Waals surface area contributed by atoms with Crippen LogP contribution in [0.4, 0.5) is 5.69 Å². The molecule has 2 heterocycles. The molecule has 0 saturated carbocycles. The van der Waals surface area contributed by atoms with E-state index in [0.29, 0.717) is 18.8 Å². The number of anilines is 1. The maximum Gasteiger partial charge on any atom is 0.0862 e. The van der Waals surface area contributed by atoms with E-state index in [1.54, 1.807) is 16.0 Å². The zero-order chi connectivity index (χ0) is 14.7. The van der Waals surface area contributed by atoms with Gasteiger partial charge in [-0.25, -0.2) is 0 Å². The number of aliphatic hydroxyl groups excluding tert-OH is 1. The van der Waals surface area contributed by atoms with Crippen LogP contribution in [-0.2, 0) is 13.1 Å². The lowest BCUT2D eigenvalue weighted by Crippen LogP contribution is -2.32. The molecule has 0 fully saturated rings. The van der Waals surface area contributed by atoms with Gasteiger partial charge in [0, 0.05) is 13.1 Å². The molecule has 0 amide bonds. The third kappa shape index (κ3) is 3.59. The number of aromatic nitrogens is 2. The molecule has 1 atom stereocenters. The van der Waals surface area contributed by atoms with Crippen molar-refractivity contribution < 1.29 is 5.11 Å². The topological polar surface area (TPSA) is 67.3 Å². The molecule has 0 saturated heterocycles. The minimum Gasteiger partial charge on any atom is -0.396 e. The number of nitrogens with zero attached hydrogens (tertiary/aromatic N) is 3. The van der Waals surface area contributed by atoms with Gasteiger partial charge in [0.15, 0.2) is 0 Å². The van der Waals surface area contributed by atoms with Gasteiger partial charge in [0.1, 0.15) is 0 Å². The number of rotatable bonds is 6. The van der Waals surface area contributed by atoms with Gasteiger partial charge in [-0.1, -0.05) is 0 Å². The minimum absolute atomic E-state index is 0.462. The fourth-order valence-corrected chi connectivity index (χ4v) is 2.92. The van der Waals surface area contributed by atoms with E-state index in [9.17, 15) is 5.11 Å². The van der Waals surface area contributed by atoms with Gasteiger partial charge >= 0.3 is 0 Å². The summed E-state index contributed by atoms with van der Waals surface area (Å²) in [7, 11) is 2.01. The monoisotopic (exact) mass is 294 g/mol. The summed E-state index contributed by atoms with van der Waals surface area (Å²) in [6.45, 7) is 5.73. The van der Waals surface area contributed by atoms with Crippen LogP contribution in [0.3, 0.4) is 0 Å². The van der Waals surface area contributed by atoms with Gasteiger partial charge in [-0.2, -0.15) is 16.4 Å². The molecular weight excluding hydrogens is 272 g/mol. The van der Waals surface area contributed by atoms with Crippen LogP contribution in [0, 0.1) is 13.8 Å². The number of aryl methyl sites for hydroxylation is 1. The molecule has 0 radical (unpaired) electrons. The molecule has 0 aliphatic heterocycles. The van der Waals surface area contributed by atoms with E-state index >= 15 is 0 Å². The Morgan fingerprint density at radius 1 is 1.50 bits per heavy atom. The van der Waals surface area contributed by atoms with E-state index in [1.807, 2.05) is 20.9 Å². The minimum atomic E-state index is -0.462. The number of nitrogen functional groups attached to an aromatic ring is 1. The normalized spacial score (nSPS) is 13.1. The van der Waals surface area contributed by atoms with Crippen molar-refractivity contribution in [2.75, 3.05) is 19.3 Å². The molecule has 3 N–H and O–H groups in total. The highest BCUT2D eigenvalue weighted by Gasteiger charge is 2.14. The van der Waals surface area contributed by atoms with Crippen LogP contribution in [0.1, 0.15) is 17.0 Å². The molecule has 1 unspecified atom stereocenters. The van der Waals surface area contributed by atoms with Crippen LogP contribution in [-0.4, -0.2) is 39.5 Å². The van der Waals surface area contributed by atoms with Crippen molar-refractivity contribution in [3.8, 4) is 0 Å². The summed E-state index contributed by atoms with van der Waals surface area (Å²) in [6, 6.07) is 2.11. The zero-order valence-corrected chi connectivity index (χ0v) is 13.0. The molecule has 6 heteroatoms. The third-order valence-electron chi connectivity index (χ3n) is 3.38. The summed E-state index contributed by atoms with van der Waals surface area (Å²) >= 11 is 1.69. The van der Waals surface area contributed by atoms with Crippen LogP contribution < -0.4 is 5.73 Å². The maximum atomic E-state index is 10.2. The highest BCUT2D eigenvalue weighted by molar-refractivity contribution is 7.07. The molecule has 0 aromatic carbocycles. The fraction of sp³-hybridized carbons (Fsp3) is 0.500. The zero-order valence-electron chi connectivity index (χ0n) is 12.2. The number of hydrogen-bond acceptors (Lipinski definition) is 5. The summed E-state index contributed by atoms with van der Waals surface area (Å²) in [4.78, 5) is 2.11. The quantitative estimate of drug-likeness (QED) is 0.850. The maximum absolute atomic E-state index is 10.2. The standard InChI is InChI=1S/C14H22N4OS/c1-10-14(15)11(2)18(16-10)8-13(19)7-17(3)6-12-4-5-20-9-12/h4-5,9,13,19H,6-8,15H2,1-3H3. The molecule has 5 nitrogen and oxygen atoms in total. The Hall–Kier alpha value is -1.37. The Kier molecular flexibility index (Phi) is 4.80. The van der Waals surface area contributed by atoms with Gasteiger partial charge in [-0.15, -0.1) is 0 Å². The number of aliphatic hydroxyl groups is 1. The van der Waals surface area contributed by atoms with Crippen molar-refractivity contribution in [2.45, 2.75) is 33.0 Å². The van der Waals surface area contributed by atoms with Crippen LogP contribution >= 0.6 is 11.3 Å². The summed E-state index contributed by atoms with van der Waals surface area (Å²) in [5.74, 6) is 0. The predicted molar refractivity (Wildman–Crippen MR) is 82.8 cm³/mol. The Labute approximate surface area is 123 Å². The lowest BCUT2D eigenvalue weighted by Gasteiger charge is -2.20. The molecule has 110 valence electrons. The van der Waals surface area contributed by atoms with Crippen molar-refractivity contribution in [1.29, 1.82) is 0 Å². The summed E-state index contributed by atoms with van der Waals surface area (Å²) in [5, 5.41) is 18.7. The molecule has 20 heavy (non-hydrogen) atoms. The van der Waals surface area contributed by atoms with E-state index in [4.69, 9.17) is 5.73 Å². The lowest BCUT2D eigenvalue weighted by molar-refractivity contribution is 0.103. The average molecular weight is 294 g/mol. The first kappa shape index (κ1) is 15.0. The number of likely N-dealkylation sites (N-methyl/N-ethyl adjacent to an activating group) is 1. The fourth-order valence-electron chi connectivity index (χ4n) is 2.26. The van der Waals surface area contributed by atoms with E-state index in [0.717, 1.165) is 17.9 Å². The van der Waals surface area contributed by atoms with E-state index in [2.05, 4.69) is 26.8 Å². The van der Waals surface area contributed by atoms with Crippen molar-refractivity contribution >= 4 is 17.0 Å². The first-order valence-corrected chi connectivity index (χ1v) is 7.58. The van der Waals surface area contributed by atoms with Crippen molar-refractivity contribution in [3.63, 3.8) is 0 Å².